The lowest BCUT2D eigenvalue weighted by atomic mass is 10.0. The number of hydrogen-bond donors (Lipinski definition) is 0. The fourth-order valence-electron chi connectivity index (χ4n) is 2.65. The van der Waals surface area contributed by atoms with E-state index < -0.39 is 0 Å². The molecule has 0 N–H and O–H groups in total. The Labute approximate surface area is 139 Å². The van der Waals surface area contributed by atoms with E-state index in [-0.39, 0.29) is 0 Å². The molecule has 0 heterocycles. The van der Waals surface area contributed by atoms with Crippen LogP contribution in [0.2, 0.25) is 0 Å². The number of alkyl halides is 1. The monoisotopic (exact) mass is 386 g/mol. The van der Waals surface area contributed by atoms with E-state index in [0.29, 0.717) is 0 Å². The van der Waals surface area contributed by atoms with Crippen LogP contribution in [0.1, 0.15) is 76.7 Å². The van der Waals surface area contributed by atoms with Gasteiger partial charge in [-0.15, -0.1) is 0 Å². The summed E-state index contributed by atoms with van der Waals surface area (Å²) >= 11 is 2.63. The lowest BCUT2D eigenvalue weighted by molar-refractivity contribution is 0.554. The number of rotatable bonds is 12. The minimum absolute atomic E-state index is 0.805. The second kappa shape index (κ2) is 12.7. The molecule has 0 amide bonds. The Morgan fingerprint density at radius 2 is 1.35 bits per heavy atom. The summed E-state index contributed by atoms with van der Waals surface area (Å²) in [6.07, 6.45) is 15.5. The average Bonchev–Trinajstić information content (AvgIpc) is 2.46. The van der Waals surface area contributed by atoms with Crippen LogP contribution in [0.3, 0.4) is 0 Å². The van der Waals surface area contributed by atoms with Gasteiger partial charge in [-0.25, -0.2) is 0 Å². The maximum absolute atomic E-state index is 2.63. The summed E-state index contributed by atoms with van der Waals surface area (Å²) in [6.45, 7) is 2.29. The van der Waals surface area contributed by atoms with E-state index in [4.69, 9.17) is 0 Å². The molecule has 0 aliphatic carbocycles. The highest BCUT2D eigenvalue weighted by Gasteiger charge is 2.04. The van der Waals surface area contributed by atoms with Crippen molar-refractivity contribution in [2.24, 2.45) is 0 Å². The molecule has 1 unspecified atom stereocenters. The van der Waals surface area contributed by atoms with Crippen LogP contribution >= 0.6 is 22.6 Å². The molecule has 0 radical (unpaired) electrons. The van der Waals surface area contributed by atoms with Crippen molar-refractivity contribution in [3.05, 3.63) is 35.9 Å². The fourth-order valence-corrected chi connectivity index (χ4v) is 3.60. The first-order chi connectivity index (χ1) is 9.83. The molecule has 1 aromatic rings. The van der Waals surface area contributed by atoms with Crippen molar-refractivity contribution < 1.29 is 0 Å². The smallest absolute Gasteiger partial charge is 0.0150 e. The first-order valence-electron chi connectivity index (χ1n) is 8.51. The van der Waals surface area contributed by atoms with Crippen LogP contribution in [0, 0.1) is 0 Å². The molecule has 0 aliphatic rings. The molecule has 1 aromatic carbocycles. The molecule has 114 valence electrons. The Kier molecular flexibility index (Phi) is 11.4. The third-order valence-electron chi connectivity index (χ3n) is 3.92. The molecule has 20 heavy (non-hydrogen) atoms. The highest BCUT2D eigenvalue weighted by atomic mass is 127. The molecule has 0 aromatic heterocycles. The van der Waals surface area contributed by atoms with Crippen molar-refractivity contribution >= 4 is 22.6 Å². The largest absolute Gasteiger partial charge is 0.0823 e. The minimum atomic E-state index is 0.805. The normalized spacial score (nSPS) is 12.5. The van der Waals surface area contributed by atoms with Crippen LogP contribution in [0.5, 0.6) is 0 Å². The second-order valence-electron chi connectivity index (χ2n) is 5.90. The van der Waals surface area contributed by atoms with Gasteiger partial charge in [0, 0.05) is 3.92 Å². The van der Waals surface area contributed by atoms with Gasteiger partial charge in [-0.1, -0.05) is 118 Å². The summed E-state index contributed by atoms with van der Waals surface area (Å²) in [5, 5.41) is 0. The molecular weight excluding hydrogens is 355 g/mol. The molecule has 1 atom stereocenters. The molecule has 0 spiro atoms. The predicted octanol–water partition coefficient (Wildman–Crippen LogP) is 6.95. The molecule has 1 heteroatoms. The molecule has 0 aliphatic heterocycles. The summed E-state index contributed by atoms with van der Waals surface area (Å²) in [5.41, 5.74) is 1.49. The van der Waals surface area contributed by atoms with Gasteiger partial charge < -0.3 is 0 Å². The van der Waals surface area contributed by atoms with E-state index in [0.717, 1.165) is 3.92 Å². The van der Waals surface area contributed by atoms with E-state index in [1.165, 1.54) is 76.2 Å². The van der Waals surface area contributed by atoms with Gasteiger partial charge >= 0.3 is 0 Å². The van der Waals surface area contributed by atoms with Crippen LogP contribution in [-0.4, -0.2) is 3.92 Å². The topological polar surface area (TPSA) is 0 Å². The zero-order chi connectivity index (χ0) is 14.5. The number of benzene rings is 1. The minimum Gasteiger partial charge on any atom is -0.0823 e. The molecule has 0 saturated heterocycles. The van der Waals surface area contributed by atoms with Crippen molar-refractivity contribution in [2.75, 3.05) is 0 Å². The quantitative estimate of drug-likeness (QED) is 0.207. The van der Waals surface area contributed by atoms with Crippen LogP contribution in [-0.2, 0) is 6.42 Å². The van der Waals surface area contributed by atoms with E-state index in [1.807, 2.05) is 0 Å². The third-order valence-corrected chi connectivity index (χ3v) is 4.98. The standard InChI is InChI=1S/C19H31I/c1-2-3-4-5-6-7-8-9-13-16-19(20)17-18-14-11-10-12-15-18/h10-12,14-15,19H,2-9,13,16-17H2,1H3. The molecule has 0 saturated carbocycles. The zero-order valence-electron chi connectivity index (χ0n) is 13.1. The van der Waals surface area contributed by atoms with Gasteiger partial charge in [0.15, 0.2) is 0 Å². The number of unbranched alkanes of at least 4 members (excludes halogenated alkanes) is 8. The highest BCUT2D eigenvalue weighted by molar-refractivity contribution is 14.1. The second-order valence-corrected chi connectivity index (χ2v) is 7.67. The van der Waals surface area contributed by atoms with Crippen LogP contribution < -0.4 is 0 Å². The SMILES string of the molecule is CCCCCCCCCCCC(I)Cc1ccccc1. The maximum atomic E-state index is 2.63. The Morgan fingerprint density at radius 1 is 0.800 bits per heavy atom. The van der Waals surface area contributed by atoms with Gasteiger partial charge in [0.2, 0.25) is 0 Å². The Morgan fingerprint density at radius 3 is 1.95 bits per heavy atom. The first kappa shape index (κ1) is 18.0. The zero-order valence-corrected chi connectivity index (χ0v) is 15.3. The summed E-state index contributed by atoms with van der Waals surface area (Å²) in [6, 6.07) is 10.9. The van der Waals surface area contributed by atoms with Crippen LogP contribution in [0.4, 0.5) is 0 Å². The fraction of sp³-hybridized carbons (Fsp3) is 0.684. The first-order valence-corrected chi connectivity index (χ1v) is 9.75. The van der Waals surface area contributed by atoms with Crippen LogP contribution in [0.25, 0.3) is 0 Å². The Bertz CT molecular complexity index is 307. The molecular formula is C19H31I. The van der Waals surface area contributed by atoms with Crippen molar-refractivity contribution in [1.82, 2.24) is 0 Å². The van der Waals surface area contributed by atoms with E-state index in [1.54, 1.807) is 0 Å². The van der Waals surface area contributed by atoms with Crippen molar-refractivity contribution in [1.29, 1.82) is 0 Å². The van der Waals surface area contributed by atoms with Crippen LogP contribution in [0.15, 0.2) is 30.3 Å². The highest BCUT2D eigenvalue weighted by Crippen LogP contribution is 2.18. The summed E-state index contributed by atoms with van der Waals surface area (Å²) in [7, 11) is 0. The lowest BCUT2D eigenvalue weighted by Crippen LogP contribution is -2.02. The average molecular weight is 386 g/mol. The predicted molar refractivity (Wildman–Crippen MR) is 99.8 cm³/mol. The molecule has 1 rings (SSSR count). The van der Waals surface area contributed by atoms with Crippen molar-refractivity contribution in [2.45, 2.75) is 81.5 Å². The summed E-state index contributed by atoms with van der Waals surface area (Å²) in [5.74, 6) is 0. The Hall–Kier alpha value is -0.0500. The molecule has 0 nitrogen and oxygen atoms in total. The molecule has 0 bridgehead atoms. The maximum Gasteiger partial charge on any atom is 0.0150 e. The summed E-state index contributed by atoms with van der Waals surface area (Å²) in [4.78, 5) is 0. The van der Waals surface area contributed by atoms with Gasteiger partial charge in [0.1, 0.15) is 0 Å². The Balaban J connectivity index is 1.91. The number of halogens is 1. The van der Waals surface area contributed by atoms with E-state index in [2.05, 4.69) is 59.8 Å². The van der Waals surface area contributed by atoms with Gasteiger partial charge in [-0.3, -0.25) is 0 Å². The van der Waals surface area contributed by atoms with Crippen molar-refractivity contribution in [3.63, 3.8) is 0 Å². The summed E-state index contributed by atoms with van der Waals surface area (Å²) < 4.78 is 0.805. The van der Waals surface area contributed by atoms with Gasteiger partial charge in [0.05, 0.1) is 0 Å². The van der Waals surface area contributed by atoms with E-state index >= 15 is 0 Å². The van der Waals surface area contributed by atoms with E-state index in [9.17, 15) is 0 Å². The van der Waals surface area contributed by atoms with Crippen molar-refractivity contribution in [3.8, 4) is 0 Å². The third kappa shape index (κ3) is 9.79. The van der Waals surface area contributed by atoms with Gasteiger partial charge in [-0.05, 0) is 18.4 Å². The molecule has 0 fully saturated rings. The van der Waals surface area contributed by atoms with Gasteiger partial charge in [0.25, 0.3) is 0 Å². The van der Waals surface area contributed by atoms with Gasteiger partial charge in [-0.2, -0.15) is 0 Å². The number of hydrogen-bond acceptors (Lipinski definition) is 0. The lowest BCUT2D eigenvalue weighted by Gasteiger charge is -2.09.